The van der Waals surface area contributed by atoms with Crippen LogP contribution in [0.25, 0.3) is 11.1 Å². The van der Waals surface area contributed by atoms with Crippen LogP contribution >= 0.6 is 0 Å². The quantitative estimate of drug-likeness (QED) is 0.378. The van der Waals surface area contributed by atoms with Crippen LogP contribution in [-0.2, 0) is 0 Å². The smallest absolute Gasteiger partial charge is 0.333 e. The lowest BCUT2D eigenvalue weighted by Gasteiger charge is -2.15. The maximum Gasteiger partial charge on any atom is 0.333 e. The van der Waals surface area contributed by atoms with Crippen LogP contribution in [-0.4, -0.2) is 12.1 Å². The maximum atomic E-state index is 11.0. The number of hydrogen-bond acceptors (Lipinski definition) is 4. The molecule has 114 valence electrons. The highest BCUT2D eigenvalue weighted by molar-refractivity contribution is 5.90. The molecule has 22 heavy (non-hydrogen) atoms. The SMILES string of the molecule is NC(=O)N(N)c1ccc(-c2ccc(N(N)C(N)=O)cc2)cc1. The Bertz CT molecular complexity index is 622. The summed E-state index contributed by atoms with van der Waals surface area (Å²) < 4.78 is 0. The Labute approximate surface area is 126 Å². The van der Waals surface area contributed by atoms with Crippen LogP contribution in [0, 0.1) is 0 Å². The van der Waals surface area contributed by atoms with Gasteiger partial charge in [0.05, 0.1) is 11.4 Å². The molecule has 0 aromatic heterocycles. The Hall–Kier alpha value is -3.10. The monoisotopic (exact) mass is 300 g/mol. The average molecular weight is 300 g/mol. The predicted molar refractivity (Wildman–Crippen MR) is 84.4 cm³/mol. The third-order valence-corrected chi connectivity index (χ3v) is 3.10. The van der Waals surface area contributed by atoms with Gasteiger partial charge in [-0.15, -0.1) is 0 Å². The summed E-state index contributed by atoms with van der Waals surface area (Å²) in [5, 5.41) is 1.71. The van der Waals surface area contributed by atoms with Crippen LogP contribution in [0.3, 0.4) is 0 Å². The molecule has 8 N–H and O–H groups in total. The van der Waals surface area contributed by atoms with E-state index >= 15 is 0 Å². The number of carbonyl (C=O) groups excluding carboxylic acids is 2. The Morgan fingerprint density at radius 1 is 0.636 bits per heavy atom. The lowest BCUT2D eigenvalue weighted by molar-refractivity contribution is 0.253. The zero-order valence-electron chi connectivity index (χ0n) is 11.6. The molecule has 0 atom stereocenters. The molecule has 0 heterocycles. The van der Waals surface area contributed by atoms with Crippen LogP contribution in [0.1, 0.15) is 0 Å². The van der Waals surface area contributed by atoms with Gasteiger partial charge in [-0.05, 0) is 35.4 Å². The largest absolute Gasteiger partial charge is 0.350 e. The van der Waals surface area contributed by atoms with Crippen molar-refractivity contribution in [2.24, 2.45) is 23.2 Å². The summed E-state index contributed by atoms with van der Waals surface area (Å²) in [6.45, 7) is 0. The van der Waals surface area contributed by atoms with Gasteiger partial charge >= 0.3 is 12.1 Å². The zero-order chi connectivity index (χ0) is 16.3. The molecular weight excluding hydrogens is 284 g/mol. The summed E-state index contributed by atoms with van der Waals surface area (Å²) in [4.78, 5) is 22.0. The number of amides is 4. The third-order valence-electron chi connectivity index (χ3n) is 3.10. The van der Waals surface area contributed by atoms with Crippen LogP contribution < -0.4 is 33.2 Å². The summed E-state index contributed by atoms with van der Waals surface area (Å²) in [7, 11) is 0. The number of nitrogens with zero attached hydrogens (tertiary/aromatic N) is 2. The minimum Gasteiger partial charge on any atom is -0.350 e. The van der Waals surface area contributed by atoms with E-state index in [2.05, 4.69) is 0 Å². The van der Waals surface area contributed by atoms with Crippen molar-refractivity contribution in [2.45, 2.75) is 0 Å². The van der Waals surface area contributed by atoms with E-state index in [-0.39, 0.29) is 0 Å². The van der Waals surface area contributed by atoms with Crippen molar-refractivity contribution >= 4 is 23.4 Å². The Morgan fingerprint density at radius 3 is 1.14 bits per heavy atom. The molecule has 0 aliphatic rings. The van der Waals surface area contributed by atoms with E-state index in [4.69, 9.17) is 23.2 Å². The molecule has 0 aliphatic heterocycles. The second kappa shape index (κ2) is 6.12. The predicted octanol–water partition coefficient (Wildman–Crippen LogP) is 0.871. The number of carbonyl (C=O) groups is 2. The average Bonchev–Trinajstić information content (AvgIpc) is 2.53. The van der Waals surface area contributed by atoms with Gasteiger partial charge in [-0.1, -0.05) is 24.3 Å². The first-order chi connectivity index (χ1) is 10.4. The molecule has 0 spiro atoms. The highest BCUT2D eigenvalue weighted by Gasteiger charge is 2.09. The molecule has 2 aromatic rings. The maximum absolute atomic E-state index is 11.0. The van der Waals surface area contributed by atoms with Crippen LogP contribution in [0.2, 0.25) is 0 Å². The topological polar surface area (TPSA) is 145 Å². The fourth-order valence-electron chi connectivity index (χ4n) is 1.88. The van der Waals surface area contributed by atoms with E-state index < -0.39 is 12.1 Å². The van der Waals surface area contributed by atoms with Gasteiger partial charge in [-0.2, -0.15) is 0 Å². The number of hydrazine groups is 2. The molecule has 8 heteroatoms. The van der Waals surface area contributed by atoms with Gasteiger partial charge in [0.25, 0.3) is 0 Å². The molecule has 2 rings (SSSR count). The summed E-state index contributed by atoms with van der Waals surface area (Å²) in [6.07, 6.45) is 0. The number of nitrogens with two attached hydrogens (primary N) is 4. The lowest BCUT2D eigenvalue weighted by atomic mass is 10.0. The second-order valence-corrected chi connectivity index (χ2v) is 4.51. The lowest BCUT2D eigenvalue weighted by Crippen LogP contribution is -2.41. The number of anilines is 2. The summed E-state index contributed by atoms with van der Waals surface area (Å²) in [5.41, 5.74) is 12.9. The van der Waals surface area contributed by atoms with Crippen LogP contribution in [0.5, 0.6) is 0 Å². The van der Waals surface area contributed by atoms with Gasteiger partial charge in [0.15, 0.2) is 0 Å². The van der Waals surface area contributed by atoms with Gasteiger partial charge in [0, 0.05) is 0 Å². The van der Waals surface area contributed by atoms with E-state index in [1.807, 2.05) is 0 Å². The molecule has 2 aromatic carbocycles. The molecule has 0 aliphatic carbocycles. The third kappa shape index (κ3) is 3.14. The first-order valence-corrected chi connectivity index (χ1v) is 6.29. The molecule has 0 saturated heterocycles. The van der Waals surface area contributed by atoms with Crippen molar-refractivity contribution in [1.82, 2.24) is 0 Å². The van der Waals surface area contributed by atoms with E-state index in [1.54, 1.807) is 48.5 Å². The van der Waals surface area contributed by atoms with E-state index in [9.17, 15) is 9.59 Å². The van der Waals surface area contributed by atoms with Gasteiger partial charge in [0.2, 0.25) is 0 Å². The fourth-order valence-corrected chi connectivity index (χ4v) is 1.88. The number of hydrogen-bond donors (Lipinski definition) is 4. The van der Waals surface area contributed by atoms with E-state index in [0.717, 1.165) is 21.1 Å². The number of rotatable bonds is 3. The Morgan fingerprint density at radius 2 is 0.909 bits per heavy atom. The van der Waals surface area contributed by atoms with Gasteiger partial charge in [-0.25, -0.2) is 31.3 Å². The molecule has 0 radical (unpaired) electrons. The molecule has 0 bridgehead atoms. The zero-order valence-corrected chi connectivity index (χ0v) is 11.6. The summed E-state index contributed by atoms with van der Waals surface area (Å²) in [6, 6.07) is 12.4. The first-order valence-electron chi connectivity index (χ1n) is 6.29. The second-order valence-electron chi connectivity index (χ2n) is 4.51. The van der Waals surface area contributed by atoms with Gasteiger partial charge < -0.3 is 11.5 Å². The Kier molecular flexibility index (Phi) is 4.25. The van der Waals surface area contributed by atoms with Crippen molar-refractivity contribution in [3.05, 3.63) is 48.5 Å². The highest BCUT2D eigenvalue weighted by Crippen LogP contribution is 2.24. The van der Waals surface area contributed by atoms with Crippen molar-refractivity contribution in [2.75, 3.05) is 10.0 Å². The highest BCUT2D eigenvalue weighted by atomic mass is 16.2. The van der Waals surface area contributed by atoms with Crippen LogP contribution in [0.4, 0.5) is 21.0 Å². The van der Waals surface area contributed by atoms with Gasteiger partial charge in [0.1, 0.15) is 0 Å². The number of benzene rings is 2. The minimum absolute atomic E-state index is 0.481. The van der Waals surface area contributed by atoms with Crippen molar-refractivity contribution < 1.29 is 9.59 Å². The number of primary amides is 2. The van der Waals surface area contributed by atoms with E-state index in [0.29, 0.717) is 11.4 Å². The molecule has 0 unspecified atom stereocenters. The van der Waals surface area contributed by atoms with Crippen molar-refractivity contribution in [3.63, 3.8) is 0 Å². The van der Waals surface area contributed by atoms with E-state index in [1.165, 1.54) is 0 Å². The molecule has 0 fully saturated rings. The molecule has 0 saturated carbocycles. The molecular formula is C14H16N6O2. The standard InChI is InChI=1S/C14H16N6O2/c15-13(21)19(17)11-5-1-9(2-6-11)10-3-7-12(8-4-10)20(18)14(16)22/h1-8H,17-18H2,(H2,15,21)(H2,16,22). The van der Waals surface area contributed by atoms with Gasteiger partial charge in [-0.3, -0.25) is 0 Å². The Balaban J connectivity index is 2.22. The summed E-state index contributed by atoms with van der Waals surface area (Å²) >= 11 is 0. The van der Waals surface area contributed by atoms with Crippen molar-refractivity contribution in [3.8, 4) is 11.1 Å². The number of urea groups is 2. The fraction of sp³-hybridized carbons (Fsp3) is 0. The molecule has 4 amide bonds. The normalized spacial score (nSPS) is 10.1. The van der Waals surface area contributed by atoms with Crippen molar-refractivity contribution in [1.29, 1.82) is 0 Å². The molecule has 8 nitrogen and oxygen atoms in total. The minimum atomic E-state index is -0.744. The van der Waals surface area contributed by atoms with Crippen LogP contribution in [0.15, 0.2) is 48.5 Å². The summed E-state index contributed by atoms with van der Waals surface area (Å²) in [5.74, 6) is 11.0. The first kappa shape index (κ1) is 15.3.